The first kappa shape index (κ1) is 47.1. The summed E-state index contributed by atoms with van der Waals surface area (Å²) >= 11 is 0.789. The molecular weight excluding hydrogens is 839 g/mol. The Kier molecular flexibility index (Phi) is 16.4. The molecule has 1 saturated heterocycles. The zero-order valence-electron chi connectivity index (χ0n) is 29.5. The Morgan fingerprint density at radius 2 is 1.73 bits per heavy atom. The molecule has 314 valence electrons. The van der Waals surface area contributed by atoms with Gasteiger partial charge in [-0.1, -0.05) is 25.6 Å². The lowest BCUT2D eigenvalue weighted by Crippen LogP contribution is -2.46. The highest BCUT2D eigenvalue weighted by Gasteiger charge is 2.50. The van der Waals surface area contributed by atoms with E-state index < -0.39 is 95.6 Å². The average Bonchev–Trinajstić information content (AvgIpc) is 3.64. The van der Waals surface area contributed by atoms with Crippen LogP contribution in [-0.2, 0) is 55.5 Å². The van der Waals surface area contributed by atoms with E-state index in [1.54, 1.807) is 0 Å². The molecule has 0 radical (unpaired) electrons. The van der Waals surface area contributed by atoms with Gasteiger partial charge in [-0.05, 0) is 6.92 Å². The number of aliphatic carboxylic acids is 1. The number of aliphatic hydroxyl groups is 2. The van der Waals surface area contributed by atoms with Crippen LogP contribution in [0.3, 0.4) is 0 Å². The number of carboxylic acid groups (broad SMARTS) is 1. The first-order valence-electron chi connectivity index (χ1n) is 15.8. The van der Waals surface area contributed by atoms with E-state index in [2.05, 4.69) is 34.4 Å². The Hall–Kier alpha value is -3.23. The number of ether oxygens (including phenoxy) is 1. The monoisotopic (exact) mass is 879 g/mol. The van der Waals surface area contributed by atoms with E-state index in [0.29, 0.717) is 0 Å². The lowest BCUT2D eigenvalue weighted by Gasteiger charge is -2.30. The number of nitrogen functional groups attached to an aromatic ring is 1. The number of carbonyl (C=O) groups is 4. The van der Waals surface area contributed by atoms with Crippen LogP contribution in [0.5, 0.6) is 0 Å². The summed E-state index contributed by atoms with van der Waals surface area (Å²) < 4.78 is 61.9. The predicted molar refractivity (Wildman–Crippen MR) is 188 cm³/mol. The summed E-state index contributed by atoms with van der Waals surface area (Å²) in [5.41, 5.74) is 4.20. The predicted octanol–water partition coefficient (Wildman–Crippen LogP) is -1.30. The maximum atomic E-state index is 12.7. The van der Waals surface area contributed by atoms with Crippen molar-refractivity contribution in [2.75, 3.05) is 37.8 Å². The van der Waals surface area contributed by atoms with Crippen molar-refractivity contribution in [3.05, 3.63) is 24.3 Å². The topological polar surface area (TPSA) is 401 Å². The van der Waals surface area contributed by atoms with Gasteiger partial charge in [-0.15, -0.1) is 0 Å². The van der Waals surface area contributed by atoms with Gasteiger partial charge in [0.15, 0.2) is 17.7 Å². The summed E-state index contributed by atoms with van der Waals surface area (Å²) in [4.78, 5) is 97.8. The van der Waals surface area contributed by atoms with Gasteiger partial charge >= 0.3 is 29.4 Å². The Labute approximate surface area is 320 Å². The van der Waals surface area contributed by atoms with Gasteiger partial charge in [-0.3, -0.25) is 32.5 Å². The van der Waals surface area contributed by atoms with Gasteiger partial charge in [0, 0.05) is 42.3 Å². The number of anilines is 1. The average molecular weight is 880 g/mol. The van der Waals surface area contributed by atoms with Crippen molar-refractivity contribution < 1.29 is 90.4 Å². The minimum atomic E-state index is -5.59. The minimum Gasteiger partial charge on any atom is -0.478 e. The lowest BCUT2D eigenvalue weighted by molar-refractivity contribution is -0.137. The Balaban J connectivity index is 1.49. The summed E-state index contributed by atoms with van der Waals surface area (Å²) in [5.74, 6) is -2.75. The number of fused-ring (bicyclic) bond motifs is 1. The highest BCUT2D eigenvalue weighted by molar-refractivity contribution is 8.14. The number of hydrogen-bond donors (Lipinski definition) is 10. The Morgan fingerprint density at radius 1 is 1.07 bits per heavy atom. The van der Waals surface area contributed by atoms with Crippen LogP contribution in [0, 0.1) is 5.41 Å². The molecule has 2 aromatic heterocycles. The highest BCUT2D eigenvalue weighted by Crippen LogP contribution is 2.61. The van der Waals surface area contributed by atoms with E-state index in [-0.39, 0.29) is 47.8 Å². The molecule has 0 aromatic carbocycles. The van der Waals surface area contributed by atoms with Crippen LogP contribution >= 0.6 is 35.2 Å². The molecule has 3 heterocycles. The van der Waals surface area contributed by atoms with E-state index in [9.17, 15) is 62.7 Å². The van der Waals surface area contributed by atoms with Crippen molar-refractivity contribution in [1.29, 1.82) is 0 Å². The van der Waals surface area contributed by atoms with E-state index >= 15 is 0 Å². The van der Waals surface area contributed by atoms with Gasteiger partial charge in [-0.2, -0.15) is 4.31 Å². The van der Waals surface area contributed by atoms with Gasteiger partial charge in [-0.25, -0.2) is 33.4 Å². The number of nitrogens with one attached hydrogen (secondary N) is 2. The normalized spacial score (nSPS) is 21.9. The molecule has 11 N–H and O–H groups in total. The molecule has 30 heteroatoms. The summed E-state index contributed by atoms with van der Waals surface area (Å²) in [5, 5.41) is 34.3. The van der Waals surface area contributed by atoms with Crippen molar-refractivity contribution in [3.63, 3.8) is 0 Å². The van der Waals surface area contributed by atoms with Crippen LogP contribution in [0.25, 0.3) is 11.2 Å². The number of aromatic nitrogens is 4. The second-order valence-electron chi connectivity index (χ2n) is 12.4. The molecule has 0 bridgehead atoms. The van der Waals surface area contributed by atoms with Gasteiger partial charge in [0.25, 0.3) is 0 Å². The third kappa shape index (κ3) is 14.0. The van der Waals surface area contributed by atoms with Gasteiger partial charge < -0.3 is 56.0 Å². The maximum Gasteiger partial charge on any atom is 0.481 e. The zero-order valence-corrected chi connectivity index (χ0v) is 33.0. The SMILES string of the molecule is CC(=CC(=O)O)C(=O)SCCNC(=O)CCNC(=O)C(O)C(C)(C)COP(=O)(O)OP(=O)(O)OCC1OC(n2cnc3c(N)ncnc32)C(O)C1OP(=O)(O)O. The third-order valence-corrected chi connectivity index (χ3v) is 11.5. The fourth-order valence-electron chi connectivity index (χ4n) is 4.63. The number of hydrogen-bond acceptors (Lipinski definition) is 19. The number of aliphatic hydroxyl groups excluding tert-OH is 2. The quantitative estimate of drug-likeness (QED) is 0.0395. The molecule has 1 fully saturated rings. The Morgan fingerprint density at radius 3 is 2.38 bits per heavy atom. The largest absolute Gasteiger partial charge is 0.481 e. The van der Waals surface area contributed by atoms with Crippen LogP contribution in [-0.4, -0.2) is 134 Å². The van der Waals surface area contributed by atoms with Gasteiger partial charge in [0.05, 0.1) is 19.5 Å². The molecule has 1 aliphatic heterocycles. The third-order valence-electron chi connectivity index (χ3n) is 7.40. The lowest BCUT2D eigenvalue weighted by atomic mass is 9.87. The van der Waals surface area contributed by atoms with Crippen molar-refractivity contribution in [2.24, 2.45) is 5.41 Å². The van der Waals surface area contributed by atoms with Gasteiger partial charge in [0.2, 0.25) is 16.9 Å². The molecular formula is C26H40N7O19P3S. The number of phosphoric acid groups is 3. The number of imidazole rings is 1. The van der Waals surface area contributed by atoms with E-state index in [4.69, 9.17) is 24.6 Å². The van der Waals surface area contributed by atoms with Crippen LogP contribution in [0.4, 0.5) is 5.82 Å². The summed E-state index contributed by atoms with van der Waals surface area (Å²) in [7, 11) is -16.5. The highest BCUT2D eigenvalue weighted by atomic mass is 32.2. The van der Waals surface area contributed by atoms with Crippen LogP contribution in [0.2, 0.25) is 0 Å². The first-order chi connectivity index (χ1) is 25.8. The molecule has 1 aliphatic rings. The molecule has 0 aliphatic carbocycles. The van der Waals surface area contributed by atoms with Crippen molar-refractivity contribution in [3.8, 4) is 0 Å². The molecule has 0 spiro atoms. The fourth-order valence-corrected chi connectivity index (χ4v) is 8.14. The first-order valence-corrected chi connectivity index (χ1v) is 21.3. The molecule has 7 unspecified atom stereocenters. The molecule has 26 nitrogen and oxygen atoms in total. The van der Waals surface area contributed by atoms with Crippen LogP contribution in [0.1, 0.15) is 33.4 Å². The molecule has 3 rings (SSSR count). The number of phosphoric ester groups is 3. The number of thioether (sulfide) groups is 1. The van der Waals surface area contributed by atoms with Crippen molar-refractivity contribution >= 4 is 75.1 Å². The fraction of sp³-hybridized carbons (Fsp3) is 0.577. The molecule has 2 aromatic rings. The maximum absolute atomic E-state index is 12.7. The molecule has 7 atom stereocenters. The van der Waals surface area contributed by atoms with Crippen LogP contribution < -0.4 is 16.4 Å². The van der Waals surface area contributed by atoms with Crippen LogP contribution in [0.15, 0.2) is 24.3 Å². The van der Waals surface area contributed by atoms with Gasteiger partial charge in [0.1, 0.15) is 36.3 Å². The summed E-state index contributed by atoms with van der Waals surface area (Å²) in [6.07, 6.45) is -6.37. The number of nitrogens with two attached hydrogens (primary N) is 1. The molecule has 56 heavy (non-hydrogen) atoms. The smallest absolute Gasteiger partial charge is 0.478 e. The second-order valence-corrected chi connectivity index (χ2v) is 17.7. The van der Waals surface area contributed by atoms with E-state index in [1.807, 2.05) is 0 Å². The minimum absolute atomic E-state index is 0.0147. The Bertz CT molecular complexity index is 1940. The van der Waals surface area contributed by atoms with E-state index in [0.717, 1.165) is 35.1 Å². The number of carbonyl (C=O) groups excluding carboxylic acids is 3. The van der Waals surface area contributed by atoms with Crippen molar-refractivity contribution in [1.82, 2.24) is 30.2 Å². The number of nitrogens with zero attached hydrogens (tertiary/aromatic N) is 4. The standard InChI is InChI=1S/C26H40N7O19P3S/c1-13(8-16(35)36)25(40)56-7-6-28-15(34)4-5-29-23(39)20(38)26(2,3)10-49-55(46,47)52-54(44,45)48-9-14-19(51-53(41,42)43)18(37)24(50-14)33-12-32-17-21(27)30-11-31-22(17)33/h8,11-12,14,18-20,24,37-38H,4-7,9-10H2,1-3H3,(H,28,34)(H,29,39)(H,35,36)(H,44,45)(H,46,47)(H2,27,30,31)(H2,41,42,43). The molecule has 2 amide bonds. The molecule has 0 saturated carbocycles. The second kappa shape index (κ2) is 19.5. The zero-order chi connectivity index (χ0) is 42.2. The number of amides is 2. The number of carboxylic acids is 1. The summed E-state index contributed by atoms with van der Waals surface area (Å²) in [6.45, 7) is 1.48. The summed E-state index contributed by atoms with van der Waals surface area (Å²) in [6, 6.07) is 0. The number of rotatable bonds is 21. The van der Waals surface area contributed by atoms with Crippen molar-refractivity contribution in [2.45, 2.75) is 57.8 Å². The van der Waals surface area contributed by atoms with E-state index in [1.165, 1.54) is 20.8 Å².